The smallest absolute Gasteiger partial charge is 0.263 e. The topological polar surface area (TPSA) is 123 Å². The Bertz CT molecular complexity index is 1650. The van der Waals surface area contributed by atoms with Crippen molar-refractivity contribution < 1.29 is 0 Å². The summed E-state index contributed by atoms with van der Waals surface area (Å²) in [6, 6.07) is 19.0. The first kappa shape index (κ1) is 22.3. The van der Waals surface area contributed by atoms with Gasteiger partial charge in [-0.2, -0.15) is 10.2 Å². The van der Waals surface area contributed by atoms with Crippen LogP contribution in [0.5, 0.6) is 0 Å². The summed E-state index contributed by atoms with van der Waals surface area (Å²) in [4.78, 5) is 27.5. The summed E-state index contributed by atoms with van der Waals surface area (Å²) in [5.74, 6) is 0.371. The van der Waals surface area contributed by atoms with Crippen molar-refractivity contribution in [2.24, 2.45) is 0 Å². The SMILES string of the molecule is Cc1ncc(-c2cccc3cc([C@H](C)Nc4nc(N)ncc4C#N)n(-c4ccccc4)c(=O)c23)s1. The first-order valence-corrected chi connectivity index (χ1v) is 11.7. The number of rotatable bonds is 5. The molecule has 9 heteroatoms. The predicted octanol–water partition coefficient (Wildman–Crippen LogP) is 4.84. The van der Waals surface area contributed by atoms with Crippen LogP contribution in [-0.2, 0) is 0 Å². The van der Waals surface area contributed by atoms with E-state index in [1.54, 1.807) is 15.9 Å². The number of nitrogens with one attached hydrogen (secondary N) is 1. The van der Waals surface area contributed by atoms with Crippen molar-refractivity contribution in [3.63, 3.8) is 0 Å². The molecular formula is C26H21N7OS. The number of aryl methyl sites for hydroxylation is 1. The average molecular weight is 480 g/mol. The van der Waals surface area contributed by atoms with Gasteiger partial charge in [-0.25, -0.2) is 9.97 Å². The average Bonchev–Trinajstić information content (AvgIpc) is 3.30. The third-order valence-corrected chi connectivity index (χ3v) is 6.65. The summed E-state index contributed by atoms with van der Waals surface area (Å²) < 4.78 is 1.70. The van der Waals surface area contributed by atoms with Crippen molar-refractivity contribution >= 4 is 33.9 Å². The molecule has 3 aromatic heterocycles. The molecule has 0 bridgehead atoms. The molecule has 0 aliphatic carbocycles. The van der Waals surface area contributed by atoms with Gasteiger partial charge in [-0.3, -0.25) is 9.36 Å². The van der Waals surface area contributed by atoms with Crippen molar-refractivity contribution in [2.75, 3.05) is 11.1 Å². The second kappa shape index (κ2) is 9.00. The third-order valence-electron chi connectivity index (χ3n) is 5.70. The lowest BCUT2D eigenvalue weighted by Gasteiger charge is -2.22. The van der Waals surface area contributed by atoms with Crippen LogP contribution in [-0.4, -0.2) is 19.5 Å². The zero-order valence-corrected chi connectivity index (χ0v) is 19.9. The fraction of sp³-hybridized carbons (Fsp3) is 0.115. The summed E-state index contributed by atoms with van der Waals surface area (Å²) in [7, 11) is 0. The van der Waals surface area contributed by atoms with Gasteiger partial charge in [0.1, 0.15) is 17.5 Å². The molecule has 0 spiro atoms. The number of hydrogen-bond donors (Lipinski definition) is 2. The summed E-state index contributed by atoms with van der Waals surface area (Å²) in [6.07, 6.45) is 3.19. The summed E-state index contributed by atoms with van der Waals surface area (Å²) in [5, 5.41) is 15.1. The van der Waals surface area contributed by atoms with E-state index in [1.807, 2.05) is 74.6 Å². The van der Waals surface area contributed by atoms with E-state index in [1.165, 1.54) is 6.20 Å². The number of para-hydroxylation sites is 1. The van der Waals surface area contributed by atoms with Crippen molar-refractivity contribution in [3.8, 4) is 22.2 Å². The number of fused-ring (bicyclic) bond motifs is 1. The van der Waals surface area contributed by atoms with E-state index in [2.05, 4.69) is 26.3 Å². The monoisotopic (exact) mass is 479 g/mol. The van der Waals surface area contributed by atoms with Crippen molar-refractivity contribution in [3.05, 3.63) is 93.6 Å². The molecule has 0 aliphatic rings. The van der Waals surface area contributed by atoms with E-state index in [0.717, 1.165) is 26.5 Å². The number of nitrogen functional groups attached to an aromatic ring is 1. The van der Waals surface area contributed by atoms with Crippen LogP contribution in [0.15, 0.2) is 71.8 Å². The number of nitrogens with two attached hydrogens (primary N) is 1. The molecule has 0 amide bonds. The van der Waals surface area contributed by atoms with Gasteiger partial charge in [0, 0.05) is 23.1 Å². The van der Waals surface area contributed by atoms with Crippen LogP contribution in [0.3, 0.4) is 0 Å². The number of benzene rings is 2. The molecule has 3 heterocycles. The van der Waals surface area contributed by atoms with Gasteiger partial charge in [-0.05, 0) is 37.4 Å². The third kappa shape index (κ3) is 4.11. The second-order valence-corrected chi connectivity index (χ2v) is 9.26. The molecule has 1 atom stereocenters. The van der Waals surface area contributed by atoms with E-state index < -0.39 is 0 Å². The minimum Gasteiger partial charge on any atom is -0.368 e. The summed E-state index contributed by atoms with van der Waals surface area (Å²) >= 11 is 1.56. The first-order chi connectivity index (χ1) is 17.0. The molecule has 8 nitrogen and oxygen atoms in total. The first-order valence-electron chi connectivity index (χ1n) is 10.9. The number of anilines is 2. The molecule has 0 unspecified atom stereocenters. The maximum atomic E-state index is 14.1. The molecule has 35 heavy (non-hydrogen) atoms. The lowest BCUT2D eigenvalue weighted by Crippen LogP contribution is -2.26. The van der Waals surface area contributed by atoms with E-state index >= 15 is 0 Å². The molecule has 0 fully saturated rings. The number of hydrogen-bond acceptors (Lipinski definition) is 8. The van der Waals surface area contributed by atoms with E-state index in [9.17, 15) is 10.1 Å². The van der Waals surface area contributed by atoms with Gasteiger partial charge < -0.3 is 11.1 Å². The lowest BCUT2D eigenvalue weighted by atomic mass is 10.0. The molecule has 0 saturated carbocycles. The Morgan fingerprint density at radius 2 is 1.91 bits per heavy atom. The standard InChI is InChI=1S/C26H21N7OS/c1-15(31-24-18(12-27)13-30-26(28)32-24)21-11-17-7-6-10-20(22-14-29-16(2)35-22)23(17)25(34)33(21)19-8-4-3-5-9-19/h3-11,13-15H,1-2H3,(H3,28,30,31,32)/t15-/m0/s1. The Labute approximate surface area is 205 Å². The Hall–Kier alpha value is -4.55. The van der Waals surface area contributed by atoms with Gasteiger partial charge in [-0.1, -0.05) is 36.4 Å². The minimum absolute atomic E-state index is 0.0575. The predicted molar refractivity (Wildman–Crippen MR) is 139 cm³/mol. The normalized spacial score (nSPS) is 11.8. The molecule has 3 N–H and O–H groups in total. The molecule has 2 aromatic carbocycles. The van der Waals surface area contributed by atoms with Gasteiger partial charge in [0.15, 0.2) is 0 Å². The molecule has 0 aliphatic heterocycles. The van der Waals surface area contributed by atoms with Crippen molar-refractivity contribution in [1.82, 2.24) is 19.5 Å². The summed E-state index contributed by atoms with van der Waals surface area (Å²) in [6.45, 7) is 3.86. The number of nitriles is 1. The zero-order chi connectivity index (χ0) is 24.5. The fourth-order valence-electron chi connectivity index (χ4n) is 4.10. The number of nitrogens with zero attached hydrogens (tertiary/aromatic N) is 5. The van der Waals surface area contributed by atoms with Gasteiger partial charge in [-0.15, -0.1) is 11.3 Å². The van der Waals surface area contributed by atoms with Gasteiger partial charge in [0.05, 0.1) is 27.5 Å². The molecule has 172 valence electrons. The van der Waals surface area contributed by atoms with Gasteiger partial charge >= 0.3 is 0 Å². The van der Waals surface area contributed by atoms with Gasteiger partial charge in [0.2, 0.25) is 5.95 Å². The van der Waals surface area contributed by atoms with Crippen LogP contribution >= 0.6 is 11.3 Å². The maximum absolute atomic E-state index is 14.1. The van der Waals surface area contributed by atoms with E-state index in [0.29, 0.717) is 16.9 Å². The second-order valence-electron chi connectivity index (χ2n) is 8.03. The molecule has 5 rings (SSSR count). The van der Waals surface area contributed by atoms with Crippen LogP contribution in [0.25, 0.3) is 26.9 Å². The highest BCUT2D eigenvalue weighted by Gasteiger charge is 2.20. The highest BCUT2D eigenvalue weighted by atomic mass is 32.1. The Morgan fingerprint density at radius 3 is 2.63 bits per heavy atom. The van der Waals surface area contributed by atoms with E-state index in [-0.39, 0.29) is 23.1 Å². The Morgan fingerprint density at radius 1 is 1.11 bits per heavy atom. The molecule has 5 aromatic rings. The molecule has 0 saturated heterocycles. The van der Waals surface area contributed by atoms with Crippen LogP contribution in [0.4, 0.5) is 11.8 Å². The Kier molecular flexibility index (Phi) is 5.73. The van der Waals surface area contributed by atoms with E-state index in [4.69, 9.17) is 5.73 Å². The van der Waals surface area contributed by atoms with Crippen LogP contribution < -0.4 is 16.6 Å². The quantitative estimate of drug-likeness (QED) is 0.370. The van der Waals surface area contributed by atoms with Crippen LogP contribution in [0.1, 0.15) is 29.2 Å². The van der Waals surface area contributed by atoms with Crippen LogP contribution in [0.2, 0.25) is 0 Å². The Balaban J connectivity index is 1.74. The maximum Gasteiger partial charge on any atom is 0.263 e. The minimum atomic E-state index is -0.386. The number of aromatic nitrogens is 4. The summed E-state index contributed by atoms with van der Waals surface area (Å²) in [5.41, 5.74) is 8.19. The number of thiazole rings is 1. The highest BCUT2D eigenvalue weighted by Crippen LogP contribution is 2.33. The van der Waals surface area contributed by atoms with Gasteiger partial charge in [0.25, 0.3) is 5.56 Å². The van der Waals surface area contributed by atoms with Crippen LogP contribution in [0, 0.1) is 18.3 Å². The lowest BCUT2D eigenvalue weighted by molar-refractivity contribution is 0.772. The molecule has 0 radical (unpaired) electrons. The molecular weight excluding hydrogens is 458 g/mol. The number of pyridine rings is 1. The highest BCUT2D eigenvalue weighted by molar-refractivity contribution is 7.15. The van der Waals surface area contributed by atoms with Crippen molar-refractivity contribution in [1.29, 1.82) is 5.26 Å². The fourth-order valence-corrected chi connectivity index (χ4v) is 4.91. The largest absolute Gasteiger partial charge is 0.368 e. The zero-order valence-electron chi connectivity index (χ0n) is 19.1. The van der Waals surface area contributed by atoms with Crippen molar-refractivity contribution in [2.45, 2.75) is 19.9 Å².